The Morgan fingerprint density at radius 1 is 0.931 bits per heavy atom. The van der Waals surface area contributed by atoms with E-state index in [0.717, 1.165) is 29.9 Å². The van der Waals surface area contributed by atoms with Crippen LogP contribution in [0.25, 0.3) is 0 Å². The fourth-order valence-corrected chi connectivity index (χ4v) is 8.29. The highest BCUT2D eigenvalue weighted by atomic mass is 32.2. The Morgan fingerprint density at radius 3 is 1.97 bits per heavy atom. The third-order valence-electron chi connectivity index (χ3n) is 7.73. The van der Waals surface area contributed by atoms with Crippen LogP contribution >= 0.6 is 0 Å². The zero-order valence-electron chi connectivity index (χ0n) is 16.7. The molecule has 0 N–H and O–H groups in total. The number of nitrogens with zero attached hydrogens (tertiary/aromatic N) is 2. The predicted octanol–water partition coefficient (Wildman–Crippen LogP) is 3.27. The van der Waals surface area contributed by atoms with Gasteiger partial charge in [0.15, 0.2) is 0 Å². The van der Waals surface area contributed by atoms with E-state index in [2.05, 4.69) is 0 Å². The number of hydrogen-bond acceptors (Lipinski definition) is 3. The lowest BCUT2D eigenvalue weighted by molar-refractivity contribution is -0.140. The average Bonchev–Trinajstić information content (AvgIpc) is 2.67. The first-order valence-corrected chi connectivity index (χ1v) is 12.3. The second-order valence-electron chi connectivity index (χ2n) is 9.83. The van der Waals surface area contributed by atoms with Gasteiger partial charge in [-0.2, -0.15) is 4.31 Å². The minimum absolute atomic E-state index is 0.104. The fourth-order valence-electron chi connectivity index (χ4n) is 6.87. The van der Waals surface area contributed by atoms with Gasteiger partial charge in [-0.25, -0.2) is 12.8 Å². The molecule has 1 aliphatic heterocycles. The molecular formula is C22H29FN2O3S. The second kappa shape index (κ2) is 7.05. The van der Waals surface area contributed by atoms with Crippen molar-refractivity contribution in [3.63, 3.8) is 0 Å². The third kappa shape index (κ3) is 3.61. The lowest BCUT2D eigenvalue weighted by atomic mass is 9.49. The molecule has 1 heterocycles. The quantitative estimate of drug-likeness (QED) is 0.751. The number of amides is 1. The highest BCUT2D eigenvalue weighted by Gasteiger charge is 2.51. The summed E-state index contributed by atoms with van der Waals surface area (Å²) in [6.45, 7) is 1.47. The van der Waals surface area contributed by atoms with Crippen molar-refractivity contribution in [2.75, 3.05) is 26.2 Å². The summed E-state index contributed by atoms with van der Waals surface area (Å²) in [5, 5.41) is 0. The van der Waals surface area contributed by atoms with Gasteiger partial charge in [0.25, 0.3) is 0 Å². The third-order valence-corrected chi connectivity index (χ3v) is 9.65. The maximum Gasteiger partial charge on any atom is 0.243 e. The molecular weight excluding hydrogens is 391 g/mol. The molecule has 0 atom stereocenters. The topological polar surface area (TPSA) is 57.7 Å². The van der Waals surface area contributed by atoms with Crippen LogP contribution in [0.15, 0.2) is 29.2 Å². The Bertz CT molecular complexity index is 856. The fraction of sp³-hybridized carbons (Fsp3) is 0.682. The van der Waals surface area contributed by atoms with Gasteiger partial charge in [-0.1, -0.05) is 0 Å². The van der Waals surface area contributed by atoms with Crippen molar-refractivity contribution in [3.05, 3.63) is 30.1 Å². The number of carbonyl (C=O) groups excluding carboxylic acids is 1. The average molecular weight is 421 g/mol. The van der Waals surface area contributed by atoms with Crippen LogP contribution in [-0.4, -0.2) is 49.7 Å². The minimum Gasteiger partial charge on any atom is -0.340 e. The molecule has 1 aromatic rings. The minimum atomic E-state index is -3.64. The second-order valence-corrected chi connectivity index (χ2v) is 11.8. The molecule has 4 bridgehead atoms. The zero-order valence-corrected chi connectivity index (χ0v) is 17.5. The molecule has 4 aliphatic carbocycles. The Balaban J connectivity index is 1.21. The van der Waals surface area contributed by atoms with Gasteiger partial charge in [0, 0.05) is 32.6 Å². The van der Waals surface area contributed by atoms with Crippen LogP contribution in [0.2, 0.25) is 0 Å². The van der Waals surface area contributed by atoms with Crippen LogP contribution in [0.4, 0.5) is 4.39 Å². The molecule has 1 aromatic carbocycles. The number of sulfonamides is 1. The molecule has 0 aromatic heterocycles. The number of benzene rings is 1. The molecule has 5 nitrogen and oxygen atoms in total. The molecule has 29 heavy (non-hydrogen) atoms. The van der Waals surface area contributed by atoms with Crippen LogP contribution in [0.3, 0.4) is 0 Å². The van der Waals surface area contributed by atoms with Crippen molar-refractivity contribution in [2.24, 2.45) is 23.2 Å². The standard InChI is InChI=1S/C22H29FN2O3S/c23-19-1-3-20(4-2-19)29(27,28)25-7-5-24(6-8-25)21(26)15-22-12-16-9-17(13-22)11-18(10-16)14-22/h1-4,16-18H,5-15H2. The summed E-state index contributed by atoms with van der Waals surface area (Å²) in [5.41, 5.74) is 0.211. The summed E-state index contributed by atoms with van der Waals surface area (Å²) in [5.74, 6) is 2.22. The van der Waals surface area contributed by atoms with Gasteiger partial charge in [0.2, 0.25) is 15.9 Å². The summed E-state index contributed by atoms with van der Waals surface area (Å²) in [6, 6.07) is 4.93. The highest BCUT2D eigenvalue weighted by molar-refractivity contribution is 7.89. The molecule has 0 spiro atoms. The van der Waals surface area contributed by atoms with Gasteiger partial charge in [-0.15, -0.1) is 0 Å². The summed E-state index contributed by atoms with van der Waals surface area (Å²) in [7, 11) is -3.64. The Kier molecular flexibility index (Phi) is 4.74. The number of rotatable bonds is 4. The number of halogens is 1. The molecule has 6 rings (SSSR count). The van der Waals surface area contributed by atoms with Crippen molar-refractivity contribution >= 4 is 15.9 Å². The van der Waals surface area contributed by atoms with Crippen LogP contribution < -0.4 is 0 Å². The van der Waals surface area contributed by atoms with Gasteiger partial charge < -0.3 is 4.90 Å². The van der Waals surface area contributed by atoms with Gasteiger partial charge in [0.05, 0.1) is 4.90 Å². The summed E-state index contributed by atoms with van der Waals surface area (Å²) in [4.78, 5) is 15.0. The maximum absolute atomic E-state index is 13.1. The van der Waals surface area contributed by atoms with E-state index in [9.17, 15) is 17.6 Å². The first-order chi connectivity index (χ1) is 13.8. The van der Waals surface area contributed by atoms with Crippen molar-refractivity contribution in [1.82, 2.24) is 9.21 Å². The Morgan fingerprint density at radius 2 is 1.45 bits per heavy atom. The van der Waals surface area contributed by atoms with Gasteiger partial charge in [-0.3, -0.25) is 4.79 Å². The van der Waals surface area contributed by atoms with Crippen LogP contribution in [-0.2, 0) is 14.8 Å². The van der Waals surface area contributed by atoms with Crippen molar-refractivity contribution in [1.29, 1.82) is 0 Å². The number of piperazine rings is 1. The molecule has 0 unspecified atom stereocenters. The first-order valence-electron chi connectivity index (χ1n) is 10.9. The SMILES string of the molecule is O=C(CC12CC3CC(CC(C3)C1)C2)N1CCN(S(=O)(=O)c2ccc(F)cc2)CC1. The molecule has 1 saturated heterocycles. The molecule has 4 saturated carbocycles. The van der Waals surface area contributed by atoms with Crippen molar-refractivity contribution in [2.45, 2.75) is 49.8 Å². The first kappa shape index (κ1) is 19.5. The van der Waals surface area contributed by atoms with Crippen LogP contribution in [0, 0.1) is 29.0 Å². The number of carbonyl (C=O) groups is 1. The lowest BCUT2D eigenvalue weighted by Gasteiger charge is -2.57. The Labute approximate surface area is 172 Å². The number of hydrogen-bond donors (Lipinski definition) is 0. The highest BCUT2D eigenvalue weighted by Crippen LogP contribution is 2.61. The van der Waals surface area contributed by atoms with E-state index in [0.29, 0.717) is 32.6 Å². The molecule has 5 fully saturated rings. The molecule has 0 radical (unpaired) electrons. The van der Waals surface area contributed by atoms with E-state index in [4.69, 9.17) is 0 Å². The zero-order chi connectivity index (χ0) is 20.2. The van der Waals surface area contributed by atoms with Crippen LogP contribution in [0.5, 0.6) is 0 Å². The monoisotopic (exact) mass is 420 g/mol. The maximum atomic E-state index is 13.1. The van der Waals surface area contributed by atoms with Gasteiger partial charge in [0.1, 0.15) is 5.82 Å². The van der Waals surface area contributed by atoms with E-state index in [-0.39, 0.29) is 16.2 Å². The van der Waals surface area contributed by atoms with Crippen LogP contribution in [0.1, 0.15) is 44.9 Å². The molecule has 158 valence electrons. The smallest absolute Gasteiger partial charge is 0.243 e. The van der Waals surface area contributed by atoms with E-state index in [1.54, 1.807) is 0 Å². The van der Waals surface area contributed by atoms with E-state index < -0.39 is 15.8 Å². The van der Waals surface area contributed by atoms with Crippen molar-refractivity contribution < 1.29 is 17.6 Å². The van der Waals surface area contributed by atoms with E-state index in [1.807, 2.05) is 4.90 Å². The largest absolute Gasteiger partial charge is 0.340 e. The summed E-state index contributed by atoms with van der Waals surface area (Å²) < 4.78 is 40.1. The van der Waals surface area contributed by atoms with E-state index in [1.165, 1.54) is 55.0 Å². The Hall–Kier alpha value is -1.47. The molecule has 1 amide bonds. The normalized spacial score (nSPS) is 34.5. The van der Waals surface area contributed by atoms with E-state index >= 15 is 0 Å². The van der Waals surface area contributed by atoms with Gasteiger partial charge >= 0.3 is 0 Å². The predicted molar refractivity (Wildman–Crippen MR) is 107 cm³/mol. The van der Waals surface area contributed by atoms with Gasteiger partial charge in [-0.05, 0) is 86.0 Å². The summed E-state index contributed by atoms with van der Waals surface area (Å²) >= 11 is 0. The van der Waals surface area contributed by atoms with Crippen molar-refractivity contribution in [3.8, 4) is 0 Å². The summed E-state index contributed by atoms with van der Waals surface area (Å²) in [6.07, 6.45) is 8.38. The lowest BCUT2D eigenvalue weighted by Crippen LogP contribution is -2.53. The molecule has 7 heteroatoms. The molecule has 5 aliphatic rings.